The van der Waals surface area contributed by atoms with Crippen molar-refractivity contribution in [2.75, 3.05) is 5.32 Å². The lowest BCUT2D eigenvalue weighted by molar-refractivity contribution is 0.101. The molecule has 1 aromatic heterocycles. The minimum absolute atomic E-state index is 0.0860. The molecule has 19 heavy (non-hydrogen) atoms. The van der Waals surface area contributed by atoms with Crippen molar-refractivity contribution in [2.45, 2.75) is 25.7 Å². The van der Waals surface area contributed by atoms with Gasteiger partial charge in [-0.2, -0.15) is 0 Å². The Morgan fingerprint density at radius 3 is 2.95 bits per heavy atom. The van der Waals surface area contributed by atoms with Crippen LogP contribution in [0.25, 0.3) is 0 Å². The summed E-state index contributed by atoms with van der Waals surface area (Å²) in [7, 11) is 0. The monoisotopic (exact) mass is 260 g/mol. The number of nitrogens with zero attached hydrogens (tertiary/aromatic N) is 2. The third kappa shape index (κ3) is 2.47. The lowest BCUT2D eigenvalue weighted by atomic mass is 10.2. The molecule has 0 saturated heterocycles. The van der Waals surface area contributed by atoms with E-state index in [2.05, 4.69) is 20.5 Å². The number of aromatic nitrogens is 3. The van der Waals surface area contributed by atoms with Crippen LogP contribution >= 0.6 is 0 Å². The van der Waals surface area contributed by atoms with Gasteiger partial charge in [-0.15, -0.1) is 5.10 Å². The van der Waals surface area contributed by atoms with Gasteiger partial charge in [0.15, 0.2) is 0 Å². The number of H-pyrrole nitrogens is 1. The Bertz CT molecular complexity index is 633. The normalized spacial score (nSPS) is 14.4. The van der Waals surface area contributed by atoms with Gasteiger partial charge in [0, 0.05) is 11.6 Å². The van der Waals surface area contributed by atoms with E-state index in [0.29, 0.717) is 17.2 Å². The molecular weight excluding hydrogens is 247 g/mol. The molecule has 0 bridgehead atoms. The highest BCUT2D eigenvalue weighted by atomic mass is 19.1. The van der Waals surface area contributed by atoms with Crippen LogP contribution in [0.2, 0.25) is 0 Å². The number of aryl methyl sites for hydroxylation is 1. The molecule has 1 aliphatic rings. The topological polar surface area (TPSA) is 70.7 Å². The number of benzene rings is 1. The van der Waals surface area contributed by atoms with E-state index >= 15 is 0 Å². The van der Waals surface area contributed by atoms with E-state index < -0.39 is 5.91 Å². The van der Waals surface area contributed by atoms with Gasteiger partial charge in [-0.05, 0) is 37.5 Å². The van der Waals surface area contributed by atoms with Crippen LogP contribution in [-0.4, -0.2) is 21.1 Å². The summed E-state index contributed by atoms with van der Waals surface area (Å²) in [4.78, 5) is 16.0. The van der Waals surface area contributed by atoms with Crippen LogP contribution < -0.4 is 5.32 Å². The fourth-order valence-corrected chi connectivity index (χ4v) is 1.77. The second-order valence-electron chi connectivity index (χ2n) is 4.74. The van der Waals surface area contributed by atoms with Crippen LogP contribution in [0.5, 0.6) is 0 Å². The molecule has 2 aromatic rings. The fourth-order valence-electron chi connectivity index (χ4n) is 1.77. The van der Waals surface area contributed by atoms with Crippen molar-refractivity contribution in [3.05, 3.63) is 41.2 Å². The van der Waals surface area contributed by atoms with Gasteiger partial charge < -0.3 is 5.32 Å². The lowest BCUT2D eigenvalue weighted by Gasteiger charge is -2.03. The second-order valence-corrected chi connectivity index (χ2v) is 4.74. The van der Waals surface area contributed by atoms with Crippen LogP contribution in [0.3, 0.4) is 0 Å². The summed E-state index contributed by atoms with van der Waals surface area (Å²) in [5.41, 5.74) is 0.929. The van der Waals surface area contributed by atoms with Crippen molar-refractivity contribution in [3.63, 3.8) is 0 Å². The highest BCUT2D eigenvalue weighted by Gasteiger charge is 2.28. The van der Waals surface area contributed by atoms with Crippen LogP contribution in [0.1, 0.15) is 40.8 Å². The molecule has 0 unspecified atom stereocenters. The zero-order valence-electron chi connectivity index (χ0n) is 10.4. The number of nitrogens with one attached hydrogen (secondary N) is 2. The van der Waals surface area contributed by atoms with Crippen molar-refractivity contribution < 1.29 is 9.18 Å². The van der Waals surface area contributed by atoms with Gasteiger partial charge >= 0.3 is 0 Å². The highest BCUT2D eigenvalue weighted by molar-refractivity contribution is 6.01. The van der Waals surface area contributed by atoms with Gasteiger partial charge in [0.2, 0.25) is 5.82 Å². The molecule has 0 spiro atoms. The first-order valence-corrected chi connectivity index (χ1v) is 6.13. The Labute approximate surface area is 109 Å². The standard InChI is InChI=1S/C13H13FN4O/c1-7-2-5-9(6-10(7)14)15-13(19)12-16-11(17-18-12)8-3-4-8/h2,5-6,8H,3-4H2,1H3,(H,15,19)(H,16,17,18). The number of carbonyl (C=O) groups excluding carboxylic acids is 1. The molecule has 3 rings (SSSR count). The maximum Gasteiger partial charge on any atom is 0.295 e. The van der Waals surface area contributed by atoms with E-state index in [1.807, 2.05) is 0 Å². The predicted molar refractivity (Wildman–Crippen MR) is 67.4 cm³/mol. The number of hydrogen-bond donors (Lipinski definition) is 2. The Kier molecular flexibility index (Phi) is 2.77. The molecule has 0 radical (unpaired) electrons. The Balaban J connectivity index is 1.74. The SMILES string of the molecule is Cc1ccc(NC(=O)c2n[nH]c(C3CC3)n2)cc1F. The zero-order chi connectivity index (χ0) is 13.4. The van der Waals surface area contributed by atoms with Gasteiger partial charge in [-0.1, -0.05) is 6.07 Å². The van der Waals surface area contributed by atoms with Crippen LogP contribution in [0.4, 0.5) is 10.1 Å². The predicted octanol–water partition coefficient (Wildman–Crippen LogP) is 2.38. The third-order valence-electron chi connectivity index (χ3n) is 3.10. The van der Waals surface area contributed by atoms with E-state index in [9.17, 15) is 9.18 Å². The van der Waals surface area contributed by atoms with Crippen molar-refractivity contribution in [1.82, 2.24) is 15.2 Å². The van der Waals surface area contributed by atoms with E-state index in [1.54, 1.807) is 19.1 Å². The summed E-state index contributed by atoms with van der Waals surface area (Å²) < 4.78 is 13.4. The number of rotatable bonds is 3. The number of carbonyl (C=O) groups is 1. The van der Waals surface area contributed by atoms with Crippen LogP contribution in [0.15, 0.2) is 18.2 Å². The molecule has 5 nitrogen and oxygen atoms in total. The zero-order valence-corrected chi connectivity index (χ0v) is 10.4. The minimum atomic E-state index is -0.439. The average Bonchev–Trinajstić information content (AvgIpc) is 3.11. The Morgan fingerprint density at radius 1 is 1.47 bits per heavy atom. The molecule has 1 aliphatic carbocycles. The first kappa shape index (κ1) is 11.8. The minimum Gasteiger partial charge on any atom is -0.319 e. The Morgan fingerprint density at radius 2 is 2.26 bits per heavy atom. The van der Waals surface area contributed by atoms with Crippen LogP contribution in [0, 0.1) is 12.7 Å². The summed E-state index contributed by atoms with van der Waals surface area (Å²) in [6.45, 7) is 1.66. The molecule has 0 aliphatic heterocycles. The van der Waals surface area contributed by atoms with E-state index in [0.717, 1.165) is 18.7 Å². The van der Waals surface area contributed by atoms with E-state index in [1.165, 1.54) is 6.07 Å². The molecule has 0 atom stereocenters. The quantitative estimate of drug-likeness (QED) is 0.890. The van der Waals surface area contributed by atoms with Crippen LogP contribution in [-0.2, 0) is 0 Å². The first-order valence-electron chi connectivity index (χ1n) is 6.13. The second kappa shape index (κ2) is 4.46. The van der Waals surface area contributed by atoms with Gasteiger partial charge in [0.05, 0.1) is 0 Å². The van der Waals surface area contributed by atoms with E-state index in [4.69, 9.17) is 0 Å². The summed E-state index contributed by atoms with van der Waals surface area (Å²) in [6.07, 6.45) is 2.17. The molecule has 2 N–H and O–H groups in total. The van der Waals surface area contributed by atoms with Crippen molar-refractivity contribution in [2.24, 2.45) is 0 Å². The largest absolute Gasteiger partial charge is 0.319 e. The fraction of sp³-hybridized carbons (Fsp3) is 0.308. The number of halogens is 1. The molecule has 98 valence electrons. The van der Waals surface area contributed by atoms with Gasteiger partial charge in [-0.25, -0.2) is 9.37 Å². The maximum atomic E-state index is 13.4. The van der Waals surface area contributed by atoms with Crippen molar-refractivity contribution in [3.8, 4) is 0 Å². The lowest BCUT2D eigenvalue weighted by Crippen LogP contribution is -2.14. The maximum absolute atomic E-state index is 13.4. The summed E-state index contributed by atoms with van der Waals surface area (Å²) in [5.74, 6) is 0.451. The molecular formula is C13H13FN4O. The average molecular weight is 260 g/mol. The third-order valence-corrected chi connectivity index (χ3v) is 3.10. The number of aromatic amines is 1. The number of anilines is 1. The van der Waals surface area contributed by atoms with Gasteiger partial charge in [-0.3, -0.25) is 9.89 Å². The summed E-state index contributed by atoms with van der Waals surface area (Å²) >= 11 is 0. The summed E-state index contributed by atoms with van der Waals surface area (Å²) in [6, 6.07) is 4.53. The van der Waals surface area contributed by atoms with Crippen molar-refractivity contribution >= 4 is 11.6 Å². The smallest absolute Gasteiger partial charge is 0.295 e. The molecule has 1 heterocycles. The number of amides is 1. The van der Waals surface area contributed by atoms with Crippen molar-refractivity contribution in [1.29, 1.82) is 0 Å². The molecule has 1 fully saturated rings. The van der Waals surface area contributed by atoms with Gasteiger partial charge in [0.1, 0.15) is 11.6 Å². The summed E-state index contributed by atoms with van der Waals surface area (Å²) in [5, 5.41) is 9.21. The van der Waals surface area contributed by atoms with Gasteiger partial charge in [0.25, 0.3) is 5.91 Å². The Hall–Kier alpha value is -2.24. The van der Waals surface area contributed by atoms with E-state index in [-0.39, 0.29) is 11.6 Å². The first-order chi connectivity index (χ1) is 9.13. The molecule has 6 heteroatoms. The molecule has 1 amide bonds. The molecule has 1 saturated carbocycles. The number of hydrogen-bond acceptors (Lipinski definition) is 3. The molecule has 1 aromatic carbocycles. The highest BCUT2D eigenvalue weighted by Crippen LogP contribution is 2.37.